The Kier molecular flexibility index (Phi) is 4.87. The molecule has 1 saturated heterocycles. The van der Waals surface area contributed by atoms with Crippen molar-refractivity contribution in [2.24, 2.45) is 5.92 Å². The van der Waals surface area contributed by atoms with Crippen molar-refractivity contribution in [1.29, 1.82) is 0 Å². The van der Waals surface area contributed by atoms with Crippen molar-refractivity contribution < 1.29 is 54.2 Å². The SMILES string of the molecule is CC(=O)c1ncn2cc(C3=C(C(=O)[O-])N4C(=O)[C@H]([C@@H](C)O)[C@H]4C3)sc12.[Na+]. The number of hydrogen-bond donors (Lipinski definition) is 1. The maximum atomic E-state index is 12.2. The van der Waals surface area contributed by atoms with Crippen LogP contribution in [0.4, 0.5) is 0 Å². The van der Waals surface area contributed by atoms with Crippen LogP contribution < -0.4 is 34.7 Å². The Bertz CT molecular complexity index is 976. The molecule has 10 heteroatoms. The number of fused-ring (bicyclic) bond motifs is 2. The number of Topliss-reactive ketones (excluding diaryl/α,β-unsaturated/α-hetero) is 1. The molecule has 0 spiro atoms. The fourth-order valence-corrected chi connectivity index (χ4v) is 4.84. The summed E-state index contributed by atoms with van der Waals surface area (Å²) in [5, 5.41) is 21.4. The number of rotatable bonds is 4. The Hall–Kier alpha value is -1.52. The standard InChI is InChI=1S/C16H15N3O5S.Na/c1-6(20)11-9-3-8(13(16(23)24)19(9)14(11)22)10-4-18-5-17-12(7(2)21)15(18)25-10;/h4-6,9,11,20H,3H2,1-2H3,(H,23,24);/q;+1/p-1/t6-,9-,11-;/m1./s1. The molecule has 4 rings (SSSR count). The fraction of sp³-hybridized carbons (Fsp3) is 0.375. The second-order valence-corrected chi connectivity index (χ2v) is 7.35. The molecular formula is C16H14N3NaO5S. The number of ketones is 1. The number of aliphatic hydroxyl groups is 1. The van der Waals surface area contributed by atoms with Crippen molar-refractivity contribution in [3.63, 3.8) is 0 Å². The fourth-order valence-electron chi connectivity index (χ4n) is 3.66. The third-order valence-electron chi connectivity index (χ3n) is 4.76. The molecule has 0 bridgehead atoms. The molecule has 8 nitrogen and oxygen atoms in total. The van der Waals surface area contributed by atoms with E-state index in [1.807, 2.05) is 0 Å². The van der Waals surface area contributed by atoms with Gasteiger partial charge < -0.3 is 19.9 Å². The molecule has 1 amide bonds. The molecule has 0 saturated carbocycles. The van der Waals surface area contributed by atoms with Crippen LogP contribution in [0.1, 0.15) is 35.6 Å². The summed E-state index contributed by atoms with van der Waals surface area (Å²) < 4.78 is 1.67. The first-order chi connectivity index (χ1) is 11.8. The number of carbonyl (C=O) groups excluding carboxylic acids is 3. The van der Waals surface area contributed by atoms with Crippen LogP contribution in [0.3, 0.4) is 0 Å². The number of β-lactam (4-membered cyclic amide) rings is 1. The predicted molar refractivity (Wildman–Crippen MR) is 85.4 cm³/mol. The number of thiazole rings is 1. The maximum Gasteiger partial charge on any atom is 1.00 e. The third-order valence-corrected chi connectivity index (χ3v) is 5.93. The van der Waals surface area contributed by atoms with Gasteiger partial charge >= 0.3 is 29.6 Å². The molecule has 1 N–H and O–H groups in total. The molecule has 0 aliphatic carbocycles. The number of nitrogens with zero attached hydrogens (tertiary/aromatic N) is 3. The van der Waals surface area contributed by atoms with Crippen molar-refractivity contribution in [2.75, 3.05) is 0 Å². The second kappa shape index (κ2) is 6.58. The number of carbonyl (C=O) groups is 3. The first-order valence-corrected chi connectivity index (χ1v) is 8.56. The molecule has 0 unspecified atom stereocenters. The zero-order chi connectivity index (χ0) is 18.0. The summed E-state index contributed by atoms with van der Waals surface area (Å²) in [6, 6.07) is -0.373. The van der Waals surface area contributed by atoms with Crippen LogP contribution >= 0.6 is 11.3 Å². The van der Waals surface area contributed by atoms with E-state index in [2.05, 4.69) is 4.98 Å². The van der Waals surface area contributed by atoms with E-state index in [4.69, 9.17) is 0 Å². The number of aliphatic hydroxyl groups excluding tert-OH is 1. The zero-order valence-electron chi connectivity index (χ0n) is 14.4. The van der Waals surface area contributed by atoms with Crippen LogP contribution in [0.2, 0.25) is 0 Å². The van der Waals surface area contributed by atoms with Crippen LogP contribution in [0.5, 0.6) is 0 Å². The Balaban J connectivity index is 0.00000196. The van der Waals surface area contributed by atoms with Crippen molar-refractivity contribution in [3.05, 3.63) is 28.8 Å². The van der Waals surface area contributed by atoms with Gasteiger partial charge in [0.25, 0.3) is 0 Å². The summed E-state index contributed by atoms with van der Waals surface area (Å²) in [5.41, 5.74) is 0.671. The first kappa shape index (κ1) is 19.2. The Labute approximate surface area is 174 Å². The van der Waals surface area contributed by atoms with E-state index in [-0.39, 0.29) is 47.1 Å². The molecule has 26 heavy (non-hydrogen) atoms. The van der Waals surface area contributed by atoms with Gasteiger partial charge in [-0.15, -0.1) is 11.3 Å². The van der Waals surface area contributed by atoms with Gasteiger partial charge in [-0.2, -0.15) is 0 Å². The van der Waals surface area contributed by atoms with Gasteiger partial charge in [0.2, 0.25) is 5.91 Å². The number of imidazole rings is 1. The van der Waals surface area contributed by atoms with Crippen LogP contribution in [0.15, 0.2) is 18.2 Å². The molecule has 4 heterocycles. The van der Waals surface area contributed by atoms with Gasteiger partial charge in [-0.25, -0.2) is 4.98 Å². The second-order valence-electron chi connectivity index (χ2n) is 6.32. The molecule has 2 aromatic rings. The Morgan fingerprint density at radius 2 is 2.15 bits per heavy atom. The third kappa shape index (κ3) is 2.57. The first-order valence-electron chi connectivity index (χ1n) is 7.74. The normalized spacial score (nSPS) is 22.9. The summed E-state index contributed by atoms with van der Waals surface area (Å²) in [6.07, 6.45) is 2.69. The number of aliphatic carboxylic acids is 1. The van der Waals surface area contributed by atoms with Gasteiger partial charge in [-0.1, -0.05) is 0 Å². The molecule has 0 aromatic carbocycles. The van der Waals surface area contributed by atoms with E-state index >= 15 is 0 Å². The van der Waals surface area contributed by atoms with E-state index in [1.54, 1.807) is 10.6 Å². The van der Waals surface area contributed by atoms with Gasteiger partial charge in [0.05, 0.1) is 34.6 Å². The predicted octanol–water partition coefficient (Wildman–Crippen LogP) is -3.33. The number of aromatic nitrogens is 2. The molecule has 2 aromatic heterocycles. The van der Waals surface area contributed by atoms with Crippen LogP contribution in [-0.2, 0) is 9.59 Å². The van der Waals surface area contributed by atoms with Crippen molar-refractivity contribution in [2.45, 2.75) is 32.4 Å². The van der Waals surface area contributed by atoms with Crippen LogP contribution in [0.25, 0.3) is 10.4 Å². The van der Waals surface area contributed by atoms with Gasteiger partial charge in [0.1, 0.15) is 16.9 Å². The van der Waals surface area contributed by atoms with Crippen molar-refractivity contribution in [3.8, 4) is 0 Å². The van der Waals surface area contributed by atoms with E-state index in [0.717, 1.165) is 0 Å². The van der Waals surface area contributed by atoms with Crippen LogP contribution in [0, 0.1) is 5.92 Å². The van der Waals surface area contributed by atoms with Gasteiger partial charge in [0.15, 0.2) is 5.78 Å². The van der Waals surface area contributed by atoms with E-state index in [9.17, 15) is 24.6 Å². The van der Waals surface area contributed by atoms with Crippen LogP contribution in [-0.4, -0.2) is 49.2 Å². The minimum Gasteiger partial charge on any atom is -0.543 e. The van der Waals surface area contributed by atoms with E-state index in [1.165, 1.54) is 36.4 Å². The topological polar surface area (TPSA) is 115 Å². The molecule has 2 aliphatic rings. The van der Waals surface area contributed by atoms with Crippen molar-refractivity contribution in [1.82, 2.24) is 14.3 Å². The van der Waals surface area contributed by atoms with Crippen molar-refractivity contribution >= 4 is 39.4 Å². The number of amides is 1. The van der Waals surface area contributed by atoms with E-state index in [0.29, 0.717) is 27.4 Å². The summed E-state index contributed by atoms with van der Waals surface area (Å²) in [6.45, 7) is 2.94. The molecule has 130 valence electrons. The Morgan fingerprint density at radius 3 is 2.73 bits per heavy atom. The smallest absolute Gasteiger partial charge is 0.543 e. The summed E-state index contributed by atoms with van der Waals surface area (Å²) in [5.74, 6) is -2.60. The monoisotopic (exact) mass is 383 g/mol. The summed E-state index contributed by atoms with van der Waals surface area (Å²) in [4.78, 5) is 42.0. The van der Waals surface area contributed by atoms with E-state index < -0.39 is 23.9 Å². The molecule has 0 radical (unpaired) electrons. The van der Waals surface area contributed by atoms with Gasteiger partial charge in [0, 0.05) is 13.1 Å². The number of carboxylic acid groups (broad SMARTS) is 1. The molecule has 2 aliphatic heterocycles. The average molecular weight is 383 g/mol. The quantitative estimate of drug-likeness (QED) is 0.336. The Morgan fingerprint density at radius 1 is 1.46 bits per heavy atom. The molecule has 1 fully saturated rings. The molecule has 3 atom stereocenters. The number of hydrogen-bond acceptors (Lipinski definition) is 7. The summed E-state index contributed by atoms with van der Waals surface area (Å²) in [7, 11) is 0. The minimum absolute atomic E-state index is 0. The average Bonchev–Trinajstić information content (AvgIpc) is 3.15. The largest absolute Gasteiger partial charge is 1.00 e. The minimum atomic E-state index is -1.42. The maximum absolute atomic E-state index is 12.2. The van der Waals surface area contributed by atoms with Gasteiger partial charge in [-0.05, 0) is 18.9 Å². The molecular weight excluding hydrogens is 369 g/mol. The number of carboxylic acids is 1. The summed E-state index contributed by atoms with van der Waals surface area (Å²) >= 11 is 1.25. The van der Waals surface area contributed by atoms with Gasteiger partial charge in [-0.3, -0.25) is 14.0 Å². The zero-order valence-corrected chi connectivity index (χ0v) is 17.2.